The van der Waals surface area contributed by atoms with Crippen molar-refractivity contribution in [3.8, 4) is 0 Å². The number of unbranched alkanes of at least 4 members (excludes halogenated alkanes) is 2. The van der Waals surface area contributed by atoms with Crippen LogP contribution in [-0.2, 0) is 16.6 Å². The number of likely N-dealkylation sites (tertiary alicyclic amines) is 1. The topological polar surface area (TPSA) is 77.3 Å². The maximum atomic E-state index is 13.0. The number of allylic oxidation sites excluding steroid dienone is 3. The quantitative estimate of drug-likeness (QED) is 0.410. The number of halogens is 3. The first-order valence-electron chi connectivity index (χ1n) is 12.1. The minimum atomic E-state index is -4.46. The molecule has 0 radical (unpaired) electrons. The molecule has 1 unspecified atom stereocenters. The van der Waals surface area contributed by atoms with Gasteiger partial charge in [0, 0.05) is 26.1 Å². The molecule has 1 fully saturated rings. The molecule has 2 N–H and O–H groups in total. The Hall–Kier alpha value is -2.85. The number of carbonyl (C=O) groups excluding carboxylic acids is 1. The van der Waals surface area contributed by atoms with Crippen LogP contribution in [0.1, 0.15) is 49.7 Å². The molecule has 0 bridgehead atoms. The highest BCUT2D eigenvalue weighted by Gasteiger charge is 2.37. The minimum absolute atomic E-state index is 0.00281. The van der Waals surface area contributed by atoms with Crippen LogP contribution in [0.25, 0.3) is 0 Å². The summed E-state index contributed by atoms with van der Waals surface area (Å²) in [6.45, 7) is 1.25. The number of benzene rings is 1. The second-order valence-electron chi connectivity index (χ2n) is 9.26. The molecule has 0 aromatic heterocycles. The van der Waals surface area contributed by atoms with E-state index in [0.717, 1.165) is 42.9 Å². The van der Waals surface area contributed by atoms with Crippen LogP contribution in [-0.4, -0.2) is 52.2 Å². The summed E-state index contributed by atoms with van der Waals surface area (Å²) in [5.41, 5.74) is -1.01. The van der Waals surface area contributed by atoms with Crippen molar-refractivity contribution in [1.82, 2.24) is 10.2 Å². The van der Waals surface area contributed by atoms with Gasteiger partial charge in [-0.15, -0.1) is 0 Å². The lowest BCUT2D eigenvalue weighted by Crippen LogP contribution is -2.45. The van der Waals surface area contributed by atoms with E-state index < -0.39 is 17.3 Å². The van der Waals surface area contributed by atoms with Crippen molar-refractivity contribution in [1.29, 1.82) is 0 Å². The van der Waals surface area contributed by atoms with Gasteiger partial charge in [0.05, 0.1) is 22.8 Å². The Morgan fingerprint density at radius 1 is 1.22 bits per heavy atom. The summed E-state index contributed by atoms with van der Waals surface area (Å²) in [6, 6.07) is 4.83. The lowest BCUT2D eigenvalue weighted by atomic mass is 9.83. The van der Waals surface area contributed by atoms with Crippen molar-refractivity contribution in [2.24, 2.45) is 15.9 Å². The fourth-order valence-electron chi connectivity index (χ4n) is 4.66. The summed E-state index contributed by atoms with van der Waals surface area (Å²) in [5.74, 6) is 0.798. The Kier molecular flexibility index (Phi) is 8.04. The van der Waals surface area contributed by atoms with Gasteiger partial charge in [0.25, 0.3) is 0 Å². The van der Waals surface area contributed by atoms with Gasteiger partial charge in [-0.1, -0.05) is 36.8 Å². The molecule has 4 rings (SSSR count). The maximum absolute atomic E-state index is 13.0. The van der Waals surface area contributed by atoms with Crippen LogP contribution in [0.4, 0.5) is 13.2 Å². The van der Waals surface area contributed by atoms with Crippen molar-refractivity contribution in [3.05, 3.63) is 59.7 Å². The number of nitrogens with one attached hydrogen (secondary N) is 1. The highest BCUT2D eigenvalue weighted by atomic mass is 32.1. The van der Waals surface area contributed by atoms with Gasteiger partial charge in [-0.05, 0) is 61.7 Å². The predicted octanol–water partition coefficient (Wildman–Crippen LogP) is 4.55. The van der Waals surface area contributed by atoms with Crippen LogP contribution in [0, 0.1) is 5.92 Å². The Morgan fingerprint density at radius 2 is 2.00 bits per heavy atom. The molecule has 6 nitrogen and oxygen atoms in total. The van der Waals surface area contributed by atoms with Gasteiger partial charge in [0.2, 0.25) is 5.91 Å². The molecule has 10 heteroatoms. The number of rotatable bonds is 7. The van der Waals surface area contributed by atoms with E-state index in [1.807, 2.05) is 24.3 Å². The zero-order valence-corrected chi connectivity index (χ0v) is 20.6. The molecule has 1 atom stereocenters. The molecule has 2 aliphatic heterocycles. The van der Waals surface area contributed by atoms with Crippen LogP contribution in [0.3, 0.4) is 0 Å². The molecule has 1 aromatic carbocycles. The highest BCUT2D eigenvalue weighted by Crippen LogP contribution is 2.37. The SMILES string of the molecule is O=C(CCCCCN=C1NC(=S)N=C2C=CC=CC21)N1CCC(O)(c2cccc(C(F)(F)F)c2)CC1. The zero-order valence-electron chi connectivity index (χ0n) is 19.8. The largest absolute Gasteiger partial charge is 0.416 e. The van der Waals surface area contributed by atoms with Gasteiger partial charge in [0.1, 0.15) is 5.84 Å². The predicted molar refractivity (Wildman–Crippen MR) is 137 cm³/mol. The molecule has 0 saturated carbocycles. The van der Waals surface area contributed by atoms with Crippen LogP contribution >= 0.6 is 12.2 Å². The average molecular weight is 519 g/mol. The third-order valence-corrected chi connectivity index (χ3v) is 6.96. The van der Waals surface area contributed by atoms with Gasteiger partial charge in [-0.2, -0.15) is 13.2 Å². The van der Waals surface area contributed by atoms with Crippen molar-refractivity contribution < 1.29 is 23.1 Å². The van der Waals surface area contributed by atoms with Gasteiger partial charge in [-0.3, -0.25) is 9.79 Å². The summed E-state index contributed by atoms with van der Waals surface area (Å²) in [7, 11) is 0. The van der Waals surface area contributed by atoms with E-state index in [-0.39, 0.29) is 30.2 Å². The Morgan fingerprint density at radius 3 is 2.75 bits per heavy atom. The van der Waals surface area contributed by atoms with Gasteiger partial charge < -0.3 is 15.3 Å². The van der Waals surface area contributed by atoms with Crippen molar-refractivity contribution in [2.75, 3.05) is 19.6 Å². The van der Waals surface area contributed by atoms with E-state index in [1.54, 1.807) is 4.90 Å². The molecule has 0 spiro atoms. The number of aliphatic hydroxyl groups is 1. The monoisotopic (exact) mass is 518 g/mol. The third-order valence-electron chi connectivity index (χ3n) is 6.76. The molecule has 1 aromatic rings. The normalized spacial score (nSPS) is 22.3. The summed E-state index contributed by atoms with van der Waals surface area (Å²) >= 11 is 5.18. The van der Waals surface area contributed by atoms with E-state index in [0.29, 0.717) is 31.2 Å². The van der Waals surface area contributed by atoms with Gasteiger partial charge in [-0.25, -0.2) is 4.99 Å². The van der Waals surface area contributed by atoms with Crippen LogP contribution < -0.4 is 5.32 Å². The van der Waals surface area contributed by atoms with Crippen LogP contribution in [0.15, 0.2) is 58.6 Å². The van der Waals surface area contributed by atoms with Crippen molar-refractivity contribution >= 4 is 34.8 Å². The summed E-state index contributed by atoms with van der Waals surface area (Å²) in [5, 5.41) is 14.4. The lowest BCUT2D eigenvalue weighted by molar-refractivity contribution is -0.137. The number of amidine groups is 1. The van der Waals surface area contributed by atoms with Gasteiger partial charge >= 0.3 is 6.18 Å². The third kappa shape index (κ3) is 6.28. The smallest absolute Gasteiger partial charge is 0.385 e. The first-order chi connectivity index (χ1) is 17.2. The Balaban J connectivity index is 1.19. The lowest BCUT2D eigenvalue weighted by Gasteiger charge is -2.38. The molecule has 3 aliphatic rings. The molecule has 1 amide bonds. The van der Waals surface area contributed by atoms with E-state index in [1.165, 1.54) is 12.1 Å². The number of piperidine rings is 1. The minimum Gasteiger partial charge on any atom is -0.385 e. The molecule has 36 heavy (non-hydrogen) atoms. The maximum Gasteiger partial charge on any atom is 0.416 e. The summed E-state index contributed by atoms with van der Waals surface area (Å²) in [6.07, 6.45) is 6.60. The second kappa shape index (κ2) is 11.0. The number of hydrogen-bond acceptors (Lipinski definition) is 4. The second-order valence-corrected chi connectivity index (χ2v) is 9.64. The fourth-order valence-corrected chi connectivity index (χ4v) is 4.87. The number of nitrogens with zero attached hydrogens (tertiary/aromatic N) is 3. The number of carbonyl (C=O) groups is 1. The van der Waals surface area contributed by atoms with Crippen LogP contribution in [0.5, 0.6) is 0 Å². The van der Waals surface area contributed by atoms with E-state index in [9.17, 15) is 23.1 Å². The van der Waals surface area contributed by atoms with E-state index >= 15 is 0 Å². The molecule has 1 saturated heterocycles. The molecule has 2 heterocycles. The first-order valence-corrected chi connectivity index (χ1v) is 12.5. The van der Waals surface area contributed by atoms with E-state index in [4.69, 9.17) is 12.2 Å². The Labute approximate surface area is 213 Å². The number of amides is 1. The average Bonchev–Trinajstić information content (AvgIpc) is 2.86. The summed E-state index contributed by atoms with van der Waals surface area (Å²) in [4.78, 5) is 23.3. The number of hydrogen-bond donors (Lipinski definition) is 2. The van der Waals surface area contributed by atoms with Crippen molar-refractivity contribution in [3.63, 3.8) is 0 Å². The first kappa shape index (κ1) is 26.2. The van der Waals surface area contributed by atoms with E-state index in [2.05, 4.69) is 15.3 Å². The molecule has 192 valence electrons. The number of alkyl halides is 3. The van der Waals surface area contributed by atoms with Gasteiger partial charge in [0.15, 0.2) is 5.11 Å². The Bertz CT molecular complexity index is 1120. The molecular weight excluding hydrogens is 489 g/mol. The highest BCUT2D eigenvalue weighted by molar-refractivity contribution is 7.80. The fraction of sp³-hybridized carbons (Fsp3) is 0.462. The van der Waals surface area contributed by atoms with Crippen molar-refractivity contribution in [2.45, 2.75) is 50.3 Å². The number of thiocarbonyl (C=S) groups is 1. The zero-order chi connectivity index (χ0) is 25.8. The molecular formula is C26H29F3N4O2S. The number of fused-ring (bicyclic) bond motifs is 1. The summed E-state index contributed by atoms with van der Waals surface area (Å²) < 4.78 is 39.1. The standard InChI is InChI=1S/C26H29F3N4O2S/c27-26(28,29)19-8-6-7-18(17-19)25(35)12-15-33(16-13-25)22(34)11-2-1-5-14-30-23-20-9-3-4-10-21(20)31-24(36)32-23/h3-4,6-10,17,20,35H,1-2,5,11-16H2,(H,30,32,36). The van der Waals surface area contributed by atoms with Crippen LogP contribution in [0.2, 0.25) is 0 Å². The molecule has 1 aliphatic carbocycles. The number of aliphatic imine (C=N–C) groups is 2.